The van der Waals surface area contributed by atoms with E-state index in [1.807, 2.05) is 45.0 Å². The molecule has 3 aromatic rings. The van der Waals surface area contributed by atoms with Gasteiger partial charge in [-0.05, 0) is 52.2 Å². The number of carbonyl (C=O) groups excluding carboxylic acids is 1. The Labute approximate surface area is 226 Å². The zero-order chi connectivity index (χ0) is 27.0. The average Bonchev–Trinajstić information content (AvgIpc) is 3.29. The number of hydrogen-bond donors (Lipinski definition) is 0. The van der Waals surface area contributed by atoms with E-state index in [1.54, 1.807) is 17.0 Å². The van der Waals surface area contributed by atoms with Crippen LogP contribution in [-0.2, 0) is 14.8 Å². The van der Waals surface area contributed by atoms with E-state index < -0.39 is 10.0 Å². The maximum absolute atomic E-state index is 13.7. The topological polar surface area (TPSA) is 102 Å². The molecule has 0 saturated carbocycles. The molecule has 1 saturated heterocycles. The van der Waals surface area contributed by atoms with Crippen molar-refractivity contribution in [3.63, 3.8) is 0 Å². The highest BCUT2D eigenvalue weighted by atomic mass is 32.2. The summed E-state index contributed by atoms with van der Waals surface area (Å²) in [5, 5.41) is 0.558. The van der Waals surface area contributed by atoms with E-state index in [9.17, 15) is 13.2 Å². The Kier molecular flexibility index (Phi) is 7.60. The fourth-order valence-corrected chi connectivity index (χ4v) is 7.14. The lowest BCUT2D eigenvalue weighted by molar-refractivity contribution is -0.0440. The van der Waals surface area contributed by atoms with Gasteiger partial charge in [0.25, 0.3) is 5.91 Å². The Morgan fingerprint density at radius 3 is 2.29 bits per heavy atom. The molecule has 5 rings (SSSR count). The molecule has 0 spiro atoms. The van der Waals surface area contributed by atoms with Crippen LogP contribution in [0.2, 0.25) is 0 Å². The number of carbonyl (C=O) groups is 1. The van der Waals surface area contributed by atoms with Crippen LogP contribution < -0.4 is 14.4 Å². The second-order valence-corrected chi connectivity index (χ2v) is 12.8. The number of benzene rings is 2. The Balaban J connectivity index is 1.42. The van der Waals surface area contributed by atoms with Gasteiger partial charge in [0.05, 0.1) is 27.3 Å². The number of thiazole rings is 1. The minimum atomic E-state index is -3.70. The number of anilines is 1. The summed E-state index contributed by atoms with van der Waals surface area (Å²) in [6.45, 7) is 6.34. The van der Waals surface area contributed by atoms with Crippen LogP contribution in [-0.4, -0.2) is 94.2 Å². The first kappa shape index (κ1) is 26.8. The van der Waals surface area contributed by atoms with Gasteiger partial charge in [0.15, 0.2) is 16.6 Å². The van der Waals surface area contributed by atoms with Gasteiger partial charge in [0.2, 0.25) is 10.0 Å². The van der Waals surface area contributed by atoms with Crippen LogP contribution in [0.3, 0.4) is 0 Å². The van der Waals surface area contributed by atoms with Crippen LogP contribution in [0.5, 0.6) is 11.5 Å². The van der Waals surface area contributed by atoms with E-state index in [0.29, 0.717) is 61.6 Å². The minimum Gasteiger partial charge on any atom is -0.486 e. The average molecular weight is 561 g/mol. The zero-order valence-electron chi connectivity index (χ0n) is 21.9. The number of ether oxygens (including phenoxy) is 3. The van der Waals surface area contributed by atoms with Crippen molar-refractivity contribution in [1.82, 2.24) is 14.2 Å². The van der Waals surface area contributed by atoms with Crippen molar-refractivity contribution < 1.29 is 27.4 Å². The van der Waals surface area contributed by atoms with Crippen LogP contribution >= 0.6 is 11.3 Å². The number of likely N-dealkylation sites (N-methyl/N-ethyl adjacent to an activating group) is 1. The summed E-state index contributed by atoms with van der Waals surface area (Å²) in [6.07, 6.45) is -0.366. The molecule has 204 valence electrons. The summed E-state index contributed by atoms with van der Waals surface area (Å²) in [7, 11) is 0.180. The molecule has 2 aliphatic heterocycles. The molecular formula is C26H32N4O6S2. The Morgan fingerprint density at radius 2 is 1.66 bits per heavy atom. The second-order valence-electron chi connectivity index (χ2n) is 9.82. The quantitative estimate of drug-likeness (QED) is 0.435. The number of hydrogen-bond acceptors (Lipinski definition) is 9. The summed E-state index contributed by atoms with van der Waals surface area (Å²) in [5.41, 5.74) is 1.11. The third kappa shape index (κ3) is 5.50. The normalized spacial score (nSPS) is 20.1. The number of aromatic nitrogens is 1. The van der Waals surface area contributed by atoms with Gasteiger partial charge < -0.3 is 19.1 Å². The van der Waals surface area contributed by atoms with Crippen molar-refractivity contribution in [2.45, 2.75) is 31.0 Å². The first-order valence-electron chi connectivity index (χ1n) is 12.5. The van der Waals surface area contributed by atoms with Gasteiger partial charge in [-0.3, -0.25) is 9.69 Å². The highest BCUT2D eigenvalue weighted by Gasteiger charge is 2.32. The number of amides is 1. The number of morpholine rings is 1. The van der Waals surface area contributed by atoms with Crippen molar-refractivity contribution >= 4 is 42.6 Å². The molecule has 38 heavy (non-hydrogen) atoms. The lowest BCUT2D eigenvalue weighted by Crippen LogP contribution is -2.48. The monoisotopic (exact) mass is 560 g/mol. The molecule has 12 heteroatoms. The van der Waals surface area contributed by atoms with Crippen LogP contribution in [0.4, 0.5) is 5.13 Å². The molecule has 0 bridgehead atoms. The van der Waals surface area contributed by atoms with E-state index in [0.717, 1.165) is 10.2 Å². The summed E-state index contributed by atoms with van der Waals surface area (Å²) >= 11 is 1.40. The molecule has 0 N–H and O–H groups in total. The highest BCUT2D eigenvalue weighted by molar-refractivity contribution is 7.89. The molecule has 2 aromatic carbocycles. The van der Waals surface area contributed by atoms with Gasteiger partial charge in [-0.15, -0.1) is 0 Å². The zero-order valence-corrected chi connectivity index (χ0v) is 23.5. The number of rotatable bonds is 7. The maximum atomic E-state index is 13.7. The molecule has 1 fully saturated rings. The first-order valence-corrected chi connectivity index (χ1v) is 14.8. The largest absolute Gasteiger partial charge is 0.486 e. The van der Waals surface area contributed by atoms with Crippen LogP contribution in [0.25, 0.3) is 10.2 Å². The lowest BCUT2D eigenvalue weighted by Gasteiger charge is -2.34. The highest BCUT2D eigenvalue weighted by Crippen LogP contribution is 2.39. The van der Waals surface area contributed by atoms with E-state index in [2.05, 4.69) is 0 Å². The predicted molar refractivity (Wildman–Crippen MR) is 146 cm³/mol. The van der Waals surface area contributed by atoms with Gasteiger partial charge >= 0.3 is 0 Å². The molecular weight excluding hydrogens is 528 g/mol. The van der Waals surface area contributed by atoms with Gasteiger partial charge in [-0.25, -0.2) is 13.4 Å². The summed E-state index contributed by atoms with van der Waals surface area (Å²) in [6, 6.07) is 9.87. The van der Waals surface area contributed by atoms with E-state index >= 15 is 0 Å². The van der Waals surface area contributed by atoms with Crippen molar-refractivity contribution in [2.24, 2.45) is 0 Å². The number of nitrogens with zero attached hydrogens (tertiary/aromatic N) is 4. The fourth-order valence-electron chi connectivity index (χ4n) is 4.55. The van der Waals surface area contributed by atoms with Crippen LogP contribution in [0, 0.1) is 0 Å². The van der Waals surface area contributed by atoms with Gasteiger partial charge in [-0.1, -0.05) is 11.3 Å². The minimum absolute atomic E-state index is 0.153. The van der Waals surface area contributed by atoms with Crippen molar-refractivity contribution in [3.8, 4) is 11.5 Å². The van der Waals surface area contributed by atoms with Gasteiger partial charge in [-0.2, -0.15) is 4.31 Å². The summed E-state index contributed by atoms with van der Waals surface area (Å²) < 4.78 is 45.9. The Morgan fingerprint density at radius 1 is 1.03 bits per heavy atom. The van der Waals surface area contributed by atoms with Gasteiger partial charge in [0, 0.05) is 43.9 Å². The molecule has 3 heterocycles. The molecule has 1 aromatic heterocycles. The van der Waals surface area contributed by atoms with Crippen LogP contribution in [0.1, 0.15) is 24.2 Å². The van der Waals surface area contributed by atoms with E-state index in [-0.39, 0.29) is 23.0 Å². The van der Waals surface area contributed by atoms with Crippen molar-refractivity contribution in [1.29, 1.82) is 0 Å². The molecule has 2 atom stereocenters. The first-order chi connectivity index (χ1) is 18.1. The fraction of sp³-hybridized carbons (Fsp3) is 0.462. The molecule has 0 unspecified atom stereocenters. The van der Waals surface area contributed by atoms with E-state index in [4.69, 9.17) is 19.2 Å². The smallest absolute Gasteiger partial charge is 0.260 e. The van der Waals surface area contributed by atoms with Crippen molar-refractivity contribution in [3.05, 3.63) is 42.0 Å². The third-order valence-corrected chi connectivity index (χ3v) is 9.30. The molecule has 2 aliphatic rings. The molecule has 1 amide bonds. The summed E-state index contributed by atoms with van der Waals surface area (Å²) in [5.74, 6) is 1.07. The lowest BCUT2D eigenvalue weighted by atomic mass is 10.2. The summed E-state index contributed by atoms with van der Waals surface area (Å²) in [4.78, 5) is 22.2. The van der Waals surface area contributed by atoms with Crippen LogP contribution in [0.15, 0.2) is 41.3 Å². The van der Waals surface area contributed by atoms with Gasteiger partial charge in [0.1, 0.15) is 13.2 Å². The standard InChI is InChI=1S/C26H32N4O6S2/c1-17-15-29(16-18(2)36-17)38(32,33)20-7-5-19(6-8-20)25(31)30(10-9-28(3)4)26-27-21-13-22-23(14-24(21)37-26)35-12-11-34-22/h5-8,13-14,17-18H,9-12,15-16H2,1-4H3/t17-,18+. The molecule has 0 radical (unpaired) electrons. The van der Waals surface area contributed by atoms with Crippen molar-refractivity contribution in [2.75, 3.05) is 58.4 Å². The molecule has 10 nitrogen and oxygen atoms in total. The third-order valence-electron chi connectivity index (χ3n) is 6.41. The SMILES string of the molecule is C[C@@H]1CN(S(=O)(=O)c2ccc(C(=O)N(CCN(C)C)c3nc4cc5c(cc4s3)OCCO5)cc2)C[C@H](C)O1. The Bertz CT molecular complexity index is 1370. The molecule has 0 aliphatic carbocycles. The number of fused-ring (bicyclic) bond motifs is 2. The predicted octanol–water partition coefficient (Wildman–Crippen LogP) is 3.07. The Hall–Kier alpha value is -2.77. The maximum Gasteiger partial charge on any atom is 0.260 e. The second kappa shape index (κ2) is 10.8. The van der Waals surface area contributed by atoms with E-state index in [1.165, 1.54) is 27.8 Å². The number of sulfonamides is 1.